The van der Waals surface area contributed by atoms with Crippen molar-refractivity contribution in [2.45, 2.75) is 58.5 Å². The van der Waals surface area contributed by atoms with Crippen molar-refractivity contribution < 1.29 is 14.7 Å². The third-order valence-corrected chi connectivity index (χ3v) is 9.25. The molecule has 0 bridgehead atoms. The Morgan fingerprint density at radius 1 is 1.21 bits per heavy atom. The van der Waals surface area contributed by atoms with Gasteiger partial charge in [-0.1, -0.05) is 13.3 Å². The standard InChI is InChI=1S/C32H44N8O3/c1-4-27-30(40-12-6-23(16-29(40)38(27)3)24(18-33)19-34-11-15-41)31(43)37-26-17-25(20-35-22(26)2)36-28(42)21-39-13-9-32(10-14-39)7-5-8-32/h6,12,16-20,29,33-34,41H,4-5,7-11,13-15,21H2,1-3H3,(H,36,42)(H,37,43)/b24-19+,33-18?. The average molecular weight is 589 g/mol. The van der Waals surface area contributed by atoms with E-state index < -0.39 is 0 Å². The van der Waals surface area contributed by atoms with E-state index >= 15 is 0 Å². The smallest absolute Gasteiger partial charge is 0.274 e. The number of likely N-dealkylation sites (tertiary alicyclic amines) is 1. The number of nitrogens with zero attached hydrogens (tertiary/aromatic N) is 4. The van der Waals surface area contributed by atoms with E-state index in [0.717, 1.165) is 24.4 Å². The molecule has 1 aliphatic carbocycles. The Labute approximate surface area is 253 Å². The van der Waals surface area contributed by atoms with Crippen LogP contribution in [0.15, 0.2) is 59.4 Å². The monoisotopic (exact) mass is 588 g/mol. The molecule has 11 heteroatoms. The Hall–Kier alpha value is -3.96. The zero-order valence-electron chi connectivity index (χ0n) is 25.4. The van der Waals surface area contributed by atoms with Crippen LogP contribution < -0.4 is 16.0 Å². The number of hydrogen-bond acceptors (Lipinski definition) is 9. The number of rotatable bonds is 11. The van der Waals surface area contributed by atoms with E-state index in [0.29, 0.717) is 53.3 Å². The highest BCUT2D eigenvalue weighted by atomic mass is 16.3. The first-order valence-corrected chi connectivity index (χ1v) is 15.3. The topological polar surface area (TPSA) is 137 Å². The number of amides is 2. The third-order valence-electron chi connectivity index (χ3n) is 9.25. The molecule has 4 heterocycles. The molecule has 11 nitrogen and oxygen atoms in total. The fourth-order valence-corrected chi connectivity index (χ4v) is 6.51. The molecule has 1 aromatic heterocycles. The zero-order valence-corrected chi connectivity index (χ0v) is 25.4. The number of aliphatic hydroxyl groups is 1. The molecule has 5 N–H and O–H groups in total. The summed E-state index contributed by atoms with van der Waals surface area (Å²) in [6.45, 7) is 6.53. The van der Waals surface area contributed by atoms with Crippen molar-refractivity contribution in [3.05, 3.63) is 65.0 Å². The van der Waals surface area contributed by atoms with Gasteiger partial charge in [0.15, 0.2) is 0 Å². The maximum absolute atomic E-state index is 13.8. The van der Waals surface area contributed by atoms with E-state index in [1.54, 1.807) is 18.5 Å². The first kappa shape index (κ1) is 30.5. The summed E-state index contributed by atoms with van der Waals surface area (Å²) in [7, 11) is 1.96. The lowest BCUT2D eigenvalue weighted by molar-refractivity contribution is -0.118. The van der Waals surface area contributed by atoms with Crippen LogP contribution in [-0.4, -0.2) is 88.8 Å². The molecule has 43 heavy (non-hydrogen) atoms. The molecule has 0 aromatic carbocycles. The van der Waals surface area contributed by atoms with Crippen molar-refractivity contribution in [1.29, 1.82) is 5.41 Å². The van der Waals surface area contributed by atoms with Crippen LogP contribution in [0.4, 0.5) is 11.4 Å². The fraction of sp³-hybridized carbons (Fsp3) is 0.500. The Bertz CT molecular complexity index is 1370. The number of likely N-dealkylation sites (N-methyl/N-ethyl adjacent to an activating group) is 1. The summed E-state index contributed by atoms with van der Waals surface area (Å²) in [5, 5.41) is 25.9. The lowest BCUT2D eigenvalue weighted by atomic mass is 9.63. The highest BCUT2D eigenvalue weighted by molar-refractivity contribution is 6.05. The molecular formula is C32H44N8O3. The van der Waals surface area contributed by atoms with Gasteiger partial charge in [-0.2, -0.15) is 0 Å². The molecule has 0 radical (unpaired) electrons. The minimum Gasteiger partial charge on any atom is -0.395 e. The molecule has 230 valence electrons. The highest BCUT2D eigenvalue weighted by Gasteiger charge is 2.40. The molecule has 3 aliphatic heterocycles. The average Bonchev–Trinajstić information content (AvgIpc) is 3.27. The zero-order chi connectivity index (χ0) is 30.6. The minimum absolute atomic E-state index is 0.00144. The molecule has 1 unspecified atom stereocenters. The van der Waals surface area contributed by atoms with Crippen molar-refractivity contribution in [2.24, 2.45) is 5.41 Å². The van der Waals surface area contributed by atoms with E-state index in [9.17, 15) is 9.59 Å². The molecule has 5 rings (SSSR count). The second-order valence-electron chi connectivity index (χ2n) is 11.9. The summed E-state index contributed by atoms with van der Waals surface area (Å²) in [6.07, 6.45) is 17.2. The number of carbonyl (C=O) groups is 2. The van der Waals surface area contributed by atoms with E-state index in [4.69, 9.17) is 10.5 Å². The summed E-state index contributed by atoms with van der Waals surface area (Å²) in [4.78, 5) is 37.3. The molecule has 1 atom stereocenters. The van der Waals surface area contributed by atoms with Gasteiger partial charge in [-0.05, 0) is 81.3 Å². The summed E-state index contributed by atoms with van der Waals surface area (Å²) >= 11 is 0. The van der Waals surface area contributed by atoms with Gasteiger partial charge in [0, 0.05) is 43.5 Å². The molecule has 2 amide bonds. The molecule has 1 aromatic rings. The summed E-state index contributed by atoms with van der Waals surface area (Å²) in [5.74, 6) is -0.332. The predicted molar refractivity (Wildman–Crippen MR) is 168 cm³/mol. The number of allylic oxidation sites excluding steroid dienone is 4. The number of aryl methyl sites for hydroxylation is 1. The number of piperidine rings is 1. The Morgan fingerprint density at radius 2 is 1.98 bits per heavy atom. The number of carbonyl (C=O) groups excluding carboxylic acids is 2. The van der Waals surface area contributed by atoms with Gasteiger partial charge in [-0.15, -0.1) is 0 Å². The maximum atomic E-state index is 13.8. The Kier molecular flexibility index (Phi) is 9.31. The van der Waals surface area contributed by atoms with Gasteiger partial charge in [0.2, 0.25) is 5.91 Å². The van der Waals surface area contributed by atoms with Gasteiger partial charge >= 0.3 is 0 Å². The number of aromatic nitrogens is 1. The van der Waals surface area contributed by atoms with Crippen molar-refractivity contribution >= 4 is 29.4 Å². The van der Waals surface area contributed by atoms with E-state index in [-0.39, 0.29) is 24.6 Å². The van der Waals surface area contributed by atoms with Gasteiger partial charge in [-0.3, -0.25) is 19.5 Å². The lowest BCUT2D eigenvalue weighted by Crippen LogP contribution is -2.45. The fourth-order valence-electron chi connectivity index (χ4n) is 6.51. The van der Waals surface area contributed by atoms with Crippen LogP contribution in [0.3, 0.4) is 0 Å². The van der Waals surface area contributed by atoms with E-state index in [2.05, 4.69) is 30.7 Å². The highest BCUT2D eigenvalue weighted by Crippen LogP contribution is 2.48. The van der Waals surface area contributed by atoms with Crippen LogP contribution >= 0.6 is 0 Å². The summed E-state index contributed by atoms with van der Waals surface area (Å²) in [5.41, 5.74) is 5.26. The minimum atomic E-state index is -0.258. The normalized spacial score (nSPS) is 21.3. The lowest BCUT2D eigenvalue weighted by Gasteiger charge is -2.47. The molecule has 4 aliphatic rings. The molecule has 2 fully saturated rings. The van der Waals surface area contributed by atoms with Crippen LogP contribution in [0.5, 0.6) is 0 Å². The van der Waals surface area contributed by atoms with Gasteiger partial charge in [0.05, 0.1) is 36.4 Å². The number of pyridine rings is 1. The Balaban J connectivity index is 1.25. The third kappa shape index (κ3) is 6.52. The van der Waals surface area contributed by atoms with Crippen molar-refractivity contribution in [3.63, 3.8) is 0 Å². The largest absolute Gasteiger partial charge is 0.395 e. The predicted octanol–water partition coefficient (Wildman–Crippen LogP) is 3.30. The number of nitrogens with one attached hydrogen (secondary N) is 4. The van der Waals surface area contributed by atoms with Gasteiger partial charge in [0.1, 0.15) is 11.9 Å². The van der Waals surface area contributed by atoms with Gasteiger partial charge in [-0.25, -0.2) is 0 Å². The second kappa shape index (κ2) is 13.1. The second-order valence-corrected chi connectivity index (χ2v) is 11.9. The SMILES string of the molecule is CCC1=C(C(=O)Nc2cc(NC(=O)CN3CCC4(CCC4)CC3)cnc2C)N2C=CC(/C(C=N)=C/NCCO)=CC2N1C. The number of anilines is 2. The number of fused-ring (bicyclic) bond motifs is 1. The van der Waals surface area contributed by atoms with E-state index in [1.807, 2.05) is 44.1 Å². The van der Waals surface area contributed by atoms with Crippen molar-refractivity contribution in [3.8, 4) is 0 Å². The van der Waals surface area contributed by atoms with E-state index in [1.165, 1.54) is 38.3 Å². The molecule has 1 saturated heterocycles. The first-order chi connectivity index (χ1) is 20.8. The summed E-state index contributed by atoms with van der Waals surface area (Å²) in [6, 6.07) is 1.77. The van der Waals surface area contributed by atoms with Crippen molar-refractivity contribution in [2.75, 3.05) is 50.5 Å². The Morgan fingerprint density at radius 3 is 2.63 bits per heavy atom. The molecule has 1 saturated carbocycles. The molecular weight excluding hydrogens is 544 g/mol. The van der Waals surface area contributed by atoms with Crippen molar-refractivity contribution in [1.82, 2.24) is 25.0 Å². The van der Waals surface area contributed by atoms with Gasteiger partial charge in [0.25, 0.3) is 5.91 Å². The number of aliphatic hydroxyl groups excluding tert-OH is 1. The maximum Gasteiger partial charge on any atom is 0.274 e. The van der Waals surface area contributed by atoms with Crippen LogP contribution in [0.25, 0.3) is 0 Å². The molecule has 1 spiro atoms. The summed E-state index contributed by atoms with van der Waals surface area (Å²) < 4.78 is 0. The number of hydrogen-bond donors (Lipinski definition) is 5. The van der Waals surface area contributed by atoms with Gasteiger partial charge < -0.3 is 36.3 Å². The van der Waals surface area contributed by atoms with Crippen LogP contribution in [-0.2, 0) is 9.59 Å². The van der Waals surface area contributed by atoms with Crippen LogP contribution in [0.1, 0.15) is 51.1 Å². The first-order valence-electron chi connectivity index (χ1n) is 15.3. The van der Waals surface area contributed by atoms with Crippen LogP contribution in [0, 0.1) is 17.7 Å². The van der Waals surface area contributed by atoms with Crippen LogP contribution in [0.2, 0.25) is 0 Å². The quantitative estimate of drug-likeness (QED) is 0.196.